The standard InChI is InChI=1S/C11H16N5O7P/c1-15-10-8(9(12)14-11(15)18)13-4-16(10)7-2-5(6(3-17)22-7)23-24(19,20)21/h4-7,17H,2-3H2,1H3,(H2,12,14,18)(H2,19,20,21)/t5-,6+,7+/m0/s1. The fraction of sp³-hybridized carbons (Fsp3) is 0.545. The second-order valence-corrected chi connectivity index (χ2v) is 6.54. The van der Waals surface area contributed by atoms with Gasteiger partial charge in [0, 0.05) is 13.5 Å². The van der Waals surface area contributed by atoms with Crippen molar-refractivity contribution in [1.82, 2.24) is 19.1 Å². The number of imidazole rings is 1. The fourth-order valence-corrected chi connectivity index (χ4v) is 3.30. The number of anilines is 1. The van der Waals surface area contributed by atoms with Crippen LogP contribution in [-0.2, 0) is 20.9 Å². The van der Waals surface area contributed by atoms with Crippen LogP contribution in [0.5, 0.6) is 0 Å². The van der Waals surface area contributed by atoms with Crippen LogP contribution in [0.3, 0.4) is 0 Å². The summed E-state index contributed by atoms with van der Waals surface area (Å²) in [4.78, 5) is 37.5. The molecule has 12 nitrogen and oxygen atoms in total. The molecule has 13 heteroatoms. The zero-order chi connectivity index (χ0) is 17.6. The highest BCUT2D eigenvalue weighted by Gasteiger charge is 2.41. The molecule has 0 bridgehead atoms. The quantitative estimate of drug-likeness (QED) is 0.467. The van der Waals surface area contributed by atoms with E-state index in [0.29, 0.717) is 11.2 Å². The van der Waals surface area contributed by atoms with Crippen molar-refractivity contribution in [3.05, 3.63) is 16.8 Å². The van der Waals surface area contributed by atoms with Gasteiger partial charge in [0.2, 0.25) is 0 Å². The Morgan fingerprint density at radius 1 is 1.54 bits per heavy atom. The topological polar surface area (TPSA) is 175 Å². The summed E-state index contributed by atoms with van der Waals surface area (Å²) >= 11 is 0. The van der Waals surface area contributed by atoms with E-state index < -0.39 is 38.6 Å². The van der Waals surface area contributed by atoms with Crippen LogP contribution in [-0.4, -0.2) is 52.8 Å². The Labute approximate surface area is 134 Å². The van der Waals surface area contributed by atoms with E-state index in [1.807, 2.05) is 0 Å². The Kier molecular flexibility index (Phi) is 4.20. The molecule has 3 rings (SSSR count). The number of rotatable bonds is 4. The van der Waals surface area contributed by atoms with E-state index in [0.717, 1.165) is 0 Å². The predicted molar refractivity (Wildman–Crippen MR) is 79.7 cm³/mol. The van der Waals surface area contributed by atoms with Gasteiger partial charge in [-0.2, -0.15) is 4.98 Å². The van der Waals surface area contributed by atoms with Crippen LogP contribution in [0.15, 0.2) is 11.1 Å². The highest BCUT2D eigenvalue weighted by atomic mass is 31.2. The number of fused-ring (bicyclic) bond motifs is 1. The summed E-state index contributed by atoms with van der Waals surface area (Å²) < 4.78 is 24.0. The SMILES string of the molecule is Cn1c(=O)nc(N)c2ncn([C@H]3C[C@H](OP(=O)(O)O)[C@@H](CO)O3)c21. The van der Waals surface area contributed by atoms with Gasteiger partial charge in [-0.05, 0) is 0 Å². The average molecular weight is 361 g/mol. The molecule has 24 heavy (non-hydrogen) atoms. The first-order valence-electron chi connectivity index (χ1n) is 6.90. The number of nitrogens with two attached hydrogens (primary N) is 1. The summed E-state index contributed by atoms with van der Waals surface area (Å²) in [5, 5.41) is 9.34. The molecule has 132 valence electrons. The van der Waals surface area contributed by atoms with Crippen LogP contribution < -0.4 is 11.4 Å². The monoisotopic (exact) mass is 361 g/mol. The number of aliphatic hydroxyl groups is 1. The van der Waals surface area contributed by atoms with Gasteiger partial charge < -0.3 is 25.4 Å². The zero-order valence-corrected chi connectivity index (χ0v) is 13.4. The minimum atomic E-state index is -4.74. The molecule has 2 aromatic rings. The van der Waals surface area contributed by atoms with E-state index in [9.17, 15) is 14.5 Å². The molecule has 1 aliphatic heterocycles. The van der Waals surface area contributed by atoms with Crippen molar-refractivity contribution in [3.63, 3.8) is 0 Å². The Balaban J connectivity index is 2.00. The number of aryl methyl sites for hydroxylation is 1. The van der Waals surface area contributed by atoms with Crippen molar-refractivity contribution < 1.29 is 28.7 Å². The predicted octanol–water partition coefficient (Wildman–Crippen LogP) is -1.53. The van der Waals surface area contributed by atoms with Gasteiger partial charge in [-0.25, -0.2) is 14.3 Å². The first kappa shape index (κ1) is 17.0. The minimum Gasteiger partial charge on any atom is -0.394 e. The lowest BCUT2D eigenvalue weighted by atomic mass is 10.2. The van der Waals surface area contributed by atoms with Gasteiger partial charge in [0.25, 0.3) is 0 Å². The number of aromatic nitrogens is 4. The summed E-state index contributed by atoms with van der Waals surface area (Å²) in [6.45, 7) is -0.490. The number of hydrogen-bond donors (Lipinski definition) is 4. The number of hydrogen-bond acceptors (Lipinski definition) is 8. The number of phosphoric ester groups is 1. The number of phosphoric acid groups is 1. The molecule has 0 saturated carbocycles. The lowest BCUT2D eigenvalue weighted by Gasteiger charge is -2.16. The Hall–Kier alpha value is -1.82. The van der Waals surface area contributed by atoms with Crippen molar-refractivity contribution in [3.8, 4) is 0 Å². The molecule has 3 atom stereocenters. The maximum Gasteiger partial charge on any atom is 0.469 e. The second kappa shape index (κ2) is 5.92. The molecule has 0 unspecified atom stereocenters. The lowest BCUT2D eigenvalue weighted by molar-refractivity contribution is -0.0427. The van der Waals surface area contributed by atoms with Crippen molar-refractivity contribution in [2.45, 2.75) is 24.9 Å². The summed E-state index contributed by atoms with van der Waals surface area (Å²) in [5.41, 5.74) is 5.74. The maximum atomic E-state index is 11.8. The van der Waals surface area contributed by atoms with E-state index in [1.54, 1.807) is 0 Å². The van der Waals surface area contributed by atoms with Crippen LogP contribution in [0.25, 0.3) is 11.2 Å². The first-order valence-corrected chi connectivity index (χ1v) is 8.43. The number of nitrogen functional groups attached to an aromatic ring is 1. The molecule has 5 N–H and O–H groups in total. The highest BCUT2D eigenvalue weighted by Crippen LogP contribution is 2.43. The summed E-state index contributed by atoms with van der Waals surface area (Å²) in [7, 11) is -3.26. The minimum absolute atomic E-state index is 0.0356. The van der Waals surface area contributed by atoms with Crippen molar-refractivity contribution in [2.24, 2.45) is 7.05 Å². The molecule has 0 aromatic carbocycles. The van der Waals surface area contributed by atoms with Gasteiger partial charge in [0.15, 0.2) is 5.82 Å². The fourth-order valence-electron chi connectivity index (χ4n) is 2.72. The highest BCUT2D eigenvalue weighted by molar-refractivity contribution is 7.46. The lowest BCUT2D eigenvalue weighted by Crippen LogP contribution is -2.27. The Bertz CT molecular complexity index is 874. The van der Waals surface area contributed by atoms with E-state index in [4.69, 9.17) is 20.3 Å². The largest absolute Gasteiger partial charge is 0.469 e. The number of aliphatic hydroxyl groups excluding tert-OH is 1. The van der Waals surface area contributed by atoms with E-state index in [2.05, 4.69) is 14.5 Å². The third kappa shape index (κ3) is 2.95. The molecule has 1 aliphatic rings. The number of nitrogens with zero attached hydrogens (tertiary/aromatic N) is 4. The third-order valence-electron chi connectivity index (χ3n) is 3.77. The molecule has 2 aromatic heterocycles. The first-order chi connectivity index (χ1) is 11.2. The molecular formula is C11H16N5O7P. The molecule has 0 aliphatic carbocycles. The Morgan fingerprint density at radius 3 is 2.88 bits per heavy atom. The molecule has 0 amide bonds. The average Bonchev–Trinajstić information content (AvgIpc) is 3.07. The van der Waals surface area contributed by atoms with Gasteiger partial charge in [-0.3, -0.25) is 13.7 Å². The van der Waals surface area contributed by atoms with Crippen molar-refractivity contribution >= 4 is 24.8 Å². The van der Waals surface area contributed by atoms with Crippen LogP contribution in [0.4, 0.5) is 5.82 Å². The normalized spacial score (nSPS) is 24.8. The molecule has 3 heterocycles. The molecule has 1 saturated heterocycles. The summed E-state index contributed by atoms with van der Waals surface area (Å²) in [5.74, 6) is -0.0356. The smallest absolute Gasteiger partial charge is 0.394 e. The van der Waals surface area contributed by atoms with Gasteiger partial charge in [0.1, 0.15) is 29.6 Å². The summed E-state index contributed by atoms with van der Waals surface area (Å²) in [6, 6.07) is 0. The van der Waals surface area contributed by atoms with Crippen molar-refractivity contribution in [1.29, 1.82) is 0 Å². The summed E-state index contributed by atoms with van der Waals surface area (Å²) in [6.07, 6.45) is -1.29. The van der Waals surface area contributed by atoms with Crippen LogP contribution in [0.2, 0.25) is 0 Å². The Morgan fingerprint density at radius 2 is 2.25 bits per heavy atom. The van der Waals surface area contributed by atoms with Crippen LogP contribution >= 0.6 is 7.82 Å². The van der Waals surface area contributed by atoms with Crippen LogP contribution in [0.1, 0.15) is 12.6 Å². The van der Waals surface area contributed by atoms with Gasteiger partial charge in [-0.15, -0.1) is 0 Å². The van der Waals surface area contributed by atoms with Crippen LogP contribution in [0, 0.1) is 0 Å². The van der Waals surface area contributed by atoms with Gasteiger partial charge in [-0.1, -0.05) is 0 Å². The van der Waals surface area contributed by atoms with E-state index in [1.165, 1.54) is 22.5 Å². The van der Waals surface area contributed by atoms with E-state index in [-0.39, 0.29) is 12.2 Å². The van der Waals surface area contributed by atoms with Gasteiger partial charge >= 0.3 is 13.5 Å². The molecule has 0 radical (unpaired) electrons. The zero-order valence-electron chi connectivity index (χ0n) is 12.5. The van der Waals surface area contributed by atoms with E-state index >= 15 is 0 Å². The van der Waals surface area contributed by atoms with Gasteiger partial charge in [0.05, 0.1) is 12.9 Å². The molecule has 0 spiro atoms. The second-order valence-electron chi connectivity index (χ2n) is 5.34. The van der Waals surface area contributed by atoms with Crippen molar-refractivity contribution in [2.75, 3.05) is 12.3 Å². The molecule has 1 fully saturated rings. The molecular weight excluding hydrogens is 345 g/mol. The third-order valence-corrected chi connectivity index (χ3v) is 4.32. The number of ether oxygens (including phenoxy) is 1. The maximum absolute atomic E-state index is 11.8.